The molecule has 0 amide bonds. The number of oxime groups is 1. The van der Waals surface area contributed by atoms with Crippen LogP contribution in [0, 0.1) is 13.8 Å². The molecule has 112 valence electrons. The van der Waals surface area contributed by atoms with E-state index in [0.29, 0.717) is 0 Å². The van der Waals surface area contributed by atoms with Gasteiger partial charge in [0.15, 0.2) is 5.84 Å². The Morgan fingerprint density at radius 1 is 1.48 bits per heavy atom. The molecule has 0 aliphatic carbocycles. The van der Waals surface area contributed by atoms with Gasteiger partial charge in [0, 0.05) is 23.2 Å². The number of aryl methyl sites for hydroxylation is 2. The zero-order chi connectivity index (χ0) is 15.4. The molecular weight excluding hydrogens is 284 g/mol. The van der Waals surface area contributed by atoms with Crippen LogP contribution in [0.4, 0.5) is 0 Å². The van der Waals surface area contributed by atoms with Crippen molar-refractivity contribution in [1.29, 1.82) is 0 Å². The first kappa shape index (κ1) is 15.5. The lowest BCUT2D eigenvalue weighted by Crippen LogP contribution is -2.19. The summed E-state index contributed by atoms with van der Waals surface area (Å²) in [5, 5.41) is 18.3. The average molecular weight is 304 g/mol. The van der Waals surface area contributed by atoms with Gasteiger partial charge < -0.3 is 16.3 Å². The lowest BCUT2D eigenvalue weighted by molar-refractivity contribution is 0.318. The Bertz CT molecular complexity index is 651. The van der Waals surface area contributed by atoms with E-state index in [1.165, 1.54) is 5.56 Å². The summed E-state index contributed by atoms with van der Waals surface area (Å²) in [5.74, 6) is 0.129. The smallest absolute Gasteiger partial charge is 0.170 e. The van der Waals surface area contributed by atoms with Crippen molar-refractivity contribution in [3.05, 3.63) is 51.0 Å². The number of rotatable bonds is 5. The molecule has 2 rings (SSSR count). The fourth-order valence-electron chi connectivity index (χ4n) is 2.03. The zero-order valence-corrected chi connectivity index (χ0v) is 13.2. The summed E-state index contributed by atoms with van der Waals surface area (Å²) in [5.41, 5.74) is 9.66. The molecule has 4 N–H and O–H groups in total. The van der Waals surface area contributed by atoms with E-state index >= 15 is 0 Å². The number of benzene rings is 1. The first-order valence-electron chi connectivity index (χ1n) is 6.74. The third-order valence-electron chi connectivity index (χ3n) is 3.35. The van der Waals surface area contributed by atoms with E-state index in [0.717, 1.165) is 28.4 Å². The van der Waals surface area contributed by atoms with Crippen LogP contribution in [0.15, 0.2) is 28.7 Å². The molecule has 0 aliphatic heterocycles. The lowest BCUT2D eigenvalue weighted by atomic mass is 10.0. The van der Waals surface area contributed by atoms with Crippen LogP contribution in [-0.2, 0) is 6.54 Å². The number of aromatic nitrogens is 1. The van der Waals surface area contributed by atoms with Crippen molar-refractivity contribution in [3.63, 3.8) is 0 Å². The average Bonchev–Trinajstić information content (AvgIpc) is 2.91. The Morgan fingerprint density at radius 2 is 2.24 bits per heavy atom. The maximum Gasteiger partial charge on any atom is 0.170 e. The molecular formula is C15H20N4OS. The Labute approximate surface area is 128 Å². The zero-order valence-electron chi connectivity index (χ0n) is 12.4. The summed E-state index contributed by atoms with van der Waals surface area (Å²) in [4.78, 5) is 4.49. The van der Waals surface area contributed by atoms with Gasteiger partial charge in [0.1, 0.15) is 5.01 Å². The molecule has 1 atom stereocenters. The molecule has 0 radical (unpaired) electrons. The highest BCUT2D eigenvalue weighted by atomic mass is 32.1. The standard InChI is InChI=1S/C15H20N4OS/c1-9-6-12(14(16)19-20)4-5-13(9)7-17-11(3)15-18-10(2)8-21-15/h4-6,8,11,17,20H,7H2,1-3H3,(H2,16,19). The molecule has 1 aromatic heterocycles. The molecule has 0 saturated carbocycles. The minimum absolute atomic E-state index is 0.129. The number of nitrogens with one attached hydrogen (secondary N) is 1. The Morgan fingerprint density at radius 3 is 2.81 bits per heavy atom. The number of hydrogen-bond acceptors (Lipinski definition) is 5. The minimum Gasteiger partial charge on any atom is -0.409 e. The quantitative estimate of drug-likeness (QED) is 0.343. The molecule has 0 saturated heterocycles. The maximum absolute atomic E-state index is 8.70. The summed E-state index contributed by atoms with van der Waals surface area (Å²) in [6, 6.07) is 5.99. The molecule has 0 fully saturated rings. The van der Waals surface area contributed by atoms with Crippen molar-refractivity contribution in [3.8, 4) is 0 Å². The highest BCUT2D eigenvalue weighted by Gasteiger charge is 2.10. The predicted octanol–water partition coefficient (Wildman–Crippen LogP) is 2.71. The summed E-state index contributed by atoms with van der Waals surface area (Å²) in [6.45, 7) is 6.88. The van der Waals surface area contributed by atoms with Crippen LogP contribution >= 0.6 is 11.3 Å². The van der Waals surface area contributed by atoms with Crippen molar-refractivity contribution in [2.75, 3.05) is 0 Å². The van der Waals surface area contributed by atoms with Crippen LogP contribution in [0.25, 0.3) is 0 Å². The highest BCUT2D eigenvalue weighted by molar-refractivity contribution is 7.09. The molecule has 1 aromatic carbocycles. The second kappa shape index (κ2) is 6.69. The van der Waals surface area contributed by atoms with E-state index in [2.05, 4.69) is 27.8 Å². The van der Waals surface area contributed by atoms with Crippen molar-refractivity contribution < 1.29 is 5.21 Å². The molecule has 2 aromatic rings. The Hall–Kier alpha value is -1.92. The van der Waals surface area contributed by atoms with Crippen molar-refractivity contribution in [1.82, 2.24) is 10.3 Å². The van der Waals surface area contributed by atoms with Gasteiger partial charge in [0.2, 0.25) is 0 Å². The maximum atomic E-state index is 8.70. The van der Waals surface area contributed by atoms with Gasteiger partial charge in [-0.2, -0.15) is 0 Å². The number of thiazole rings is 1. The monoisotopic (exact) mass is 304 g/mol. The van der Waals surface area contributed by atoms with Gasteiger partial charge >= 0.3 is 0 Å². The summed E-state index contributed by atoms with van der Waals surface area (Å²) in [7, 11) is 0. The van der Waals surface area contributed by atoms with Crippen LogP contribution in [0.5, 0.6) is 0 Å². The lowest BCUT2D eigenvalue weighted by Gasteiger charge is -2.13. The molecule has 1 heterocycles. The van der Waals surface area contributed by atoms with Crippen LogP contribution in [0.3, 0.4) is 0 Å². The van der Waals surface area contributed by atoms with Crippen LogP contribution in [-0.4, -0.2) is 16.0 Å². The predicted molar refractivity (Wildman–Crippen MR) is 85.8 cm³/mol. The third kappa shape index (κ3) is 3.80. The van der Waals surface area contributed by atoms with Gasteiger partial charge in [0.05, 0.1) is 6.04 Å². The number of amidine groups is 1. The minimum atomic E-state index is 0.129. The van der Waals surface area contributed by atoms with Gasteiger partial charge in [-0.05, 0) is 38.0 Å². The highest BCUT2D eigenvalue weighted by Crippen LogP contribution is 2.19. The second-order valence-corrected chi connectivity index (χ2v) is 5.95. The first-order chi connectivity index (χ1) is 10.0. The van der Waals surface area contributed by atoms with Crippen molar-refractivity contribution in [2.24, 2.45) is 10.9 Å². The topological polar surface area (TPSA) is 83.5 Å². The van der Waals surface area contributed by atoms with Crippen molar-refractivity contribution >= 4 is 17.2 Å². The second-order valence-electron chi connectivity index (χ2n) is 5.06. The normalized spacial score (nSPS) is 13.4. The van der Waals surface area contributed by atoms with E-state index in [1.54, 1.807) is 11.3 Å². The fourth-order valence-corrected chi connectivity index (χ4v) is 2.86. The summed E-state index contributed by atoms with van der Waals surface area (Å²) < 4.78 is 0. The van der Waals surface area contributed by atoms with Crippen molar-refractivity contribution in [2.45, 2.75) is 33.4 Å². The molecule has 0 aliphatic rings. The molecule has 1 unspecified atom stereocenters. The van der Waals surface area contributed by atoms with Gasteiger partial charge in [-0.25, -0.2) is 4.98 Å². The molecule has 6 heteroatoms. The van der Waals surface area contributed by atoms with Gasteiger partial charge in [-0.15, -0.1) is 11.3 Å². The summed E-state index contributed by atoms with van der Waals surface area (Å²) in [6.07, 6.45) is 0. The Balaban J connectivity index is 2.03. The molecule has 0 spiro atoms. The SMILES string of the molecule is Cc1csc(C(C)NCc2ccc(/C(N)=N/O)cc2C)n1. The number of nitrogens with zero attached hydrogens (tertiary/aromatic N) is 2. The number of nitrogens with two attached hydrogens (primary N) is 1. The van der Waals surface area contributed by atoms with E-state index in [9.17, 15) is 0 Å². The number of hydrogen-bond donors (Lipinski definition) is 3. The van der Waals surface area contributed by atoms with E-state index in [-0.39, 0.29) is 11.9 Å². The third-order valence-corrected chi connectivity index (χ3v) is 4.50. The van der Waals surface area contributed by atoms with Gasteiger partial charge in [0.25, 0.3) is 0 Å². The Kier molecular flexibility index (Phi) is 4.93. The van der Waals surface area contributed by atoms with E-state index in [1.807, 2.05) is 32.0 Å². The van der Waals surface area contributed by atoms with Crippen LogP contribution in [0.1, 0.15) is 40.4 Å². The fraction of sp³-hybridized carbons (Fsp3) is 0.333. The molecule has 5 nitrogen and oxygen atoms in total. The van der Waals surface area contributed by atoms with E-state index in [4.69, 9.17) is 10.9 Å². The molecule has 0 bridgehead atoms. The van der Waals surface area contributed by atoms with Gasteiger partial charge in [-0.1, -0.05) is 17.3 Å². The van der Waals surface area contributed by atoms with Crippen LogP contribution < -0.4 is 11.1 Å². The first-order valence-corrected chi connectivity index (χ1v) is 7.62. The summed E-state index contributed by atoms with van der Waals surface area (Å²) >= 11 is 1.67. The van der Waals surface area contributed by atoms with Crippen LogP contribution in [0.2, 0.25) is 0 Å². The van der Waals surface area contributed by atoms with E-state index < -0.39 is 0 Å². The van der Waals surface area contributed by atoms with Gasteiger partial charge in [-0.3, -0.25) is 0 Å². The largest absolute Gasteiger partial charge is 0.409 e. The molecule has 21 heavy (non-hydrogen) atoms.